The van der Waals surface area contributed by atoms with Gasteiger partial charge in [0.25, 0.3) is 0 Å². The van der Waals surface area contributed by atoms with Crippen LogP contribution in [0.15, 0.2) is 48.5 Å². The van der Waals surface area contributed by atoms with Crippen molar-refractivity contribution in [2.45, 2.75) is 25.4 Å². The topological polar surface area (TPSA) is 65.3 Å². The van der Waals surface area contributed by atoms with Gasteiger partial charge in [0.2, 0.25) is 0 Å². The fraction of sp³-hybridized carbons (Fsp3) is 0.350. The van der Waals surface area contributed by atoms with Crippen LogP contribution in [0.3, 0.4) is 0 Å². The second-order valence-corrected chi connectivity index (χ2v) is 6.18. The highest BCUT2D eigenvalue weighted by molar-refractivity contribution is 6.30. The first kappa shape index (κ1) is 19.3. The van der Waals surface area contributed by atoms with Crippen LogP contribution in [0.2, 0.25) is 5.02 Å². The minimum atomic E-state index is -0.147. The van der Waals surface area contributed by atoms with Crippen molar-refractivity contribution in [2.24, 2.45) is 0 Å². The van der Waals surface area contributed by atoms with Gasteiger partial charge in [0.15, 0.2) is 0 Å². The van der Waals surface area contributed by atoms with Crippen LogP contribution in [-0.4, -0.2) is 24.8 Å². The summed E-state index contributed by atoms with van der Waals surface area (Å²) >= 11 is 6.06. The molecule has 0 fully saturated rings. The lowest BCUT2D eigenvalue weighted by molar-refractivity contribution is 0.191. The molecule has 0 amide bonds. The molecule has 0 saturated carbocycles. The smallest absolute Gasteiger partial charge is 0.139 e. The molecule has 2 aromatic rings. The average Bonchev–Trinajstić information content (AvgIpc) is 2.64. The van der Waals surface area contributed by atoms with Crippen molar-refractivity contribution in [3.8, 4) is 11.8 Å². The Balaban J connectivity index is 2.05. The highest BCUT2D eigenvalue weighted by Crippen LogP contribution is 2.30. The lowest BCUT2D eigenvalue weighted by atomic mass is 10.0. The van der Waals surface area contributed by atoms with Crippen LogP contribution < -0.4 is 10.1 Å². The SMILES string of the molecule is N#Cc1ccc(Cl)cc1O[C@H](CCCNCCCO)c1ccccc1. The molecule has 2 rings (SSSR count). The number of nitrogens with one attached hydrogen (secondary N) is 1. The van der Waals surface area contributed by atoms with E-state index in [9.17, 15) is 5.26 Å². The molecule has 0 spiro atoms. The molecule has 0 aliphatic heterocycles. The molecule has 0 heterocycles. The number of ether oxygens (including phenoxy) is 1. The molecule has 25 heavy (non-hydrogen) atoms. The molecule has 2 aromatic carbocycles. The van der Waals surface area contributed by atoms with E-state index in [1.165, 1.54) is 0 Å². The summed E-state index contributed by atoms with van der Waals surface area (Å²) in [6.45, 7) is 1.86. The predicted octanol–water partition coefficient (Wildman–Crippen LogP) is 4.08. The van der Waals surface area contributed by atoms with Crippen molar-refractivity contribution in [2.75, 3.05) is 19.7 Å². The third kappa shape index (κ3) is 6.39. The Morgan fingerprint density at radius 3 is 2.60 bits per heavy atom. The van der Waals surface area contributed by atoms with Gasteiger partial charge in [-0.05, 0) is 50.0 Å². The normalized spacial score (nSPS) is 11.7. The Bertz CT molecular complexity index is 686. The Morgan fingerprint density at radius 2 is 1.88 bits per heavy atom. The summed E-state index contributed by atoms with van der Waals surface area (Å²) in [6, 6.07) is 17.2. The molecule has 1 atom stereocenters. The first-order chi connectivity index (χ1) is 12.2. The molecule has 2 N–H and O–H groups in total. The zero-order chi connectivity index (χ0) is 17.9. The quantitative estimate of drug-likeness (QED) is 0.628. The first-order valence-electron chi connectivity index (χ1n) is 8.47. The minimum Gasteiger partial charge on any atom is -0.484 e. The zero-order valence-electron chi connectivity index (χ0n) is 14.1. The van der Waals surface area contributed by atoms with Crippen LogP contribution in [0, 0.1) is 11.3 Å². The summed E-state index contributed by atoms with van der Waals surface area (Å²) in [5.74, 6) is 0.511. The summed E-state index contributed by atoms with van der Waals surface area (Å²) < 4.78 is 6.16. The third-order valence-corrected chi connectivity index (χ3v) is 4.07. The summed E-state index contributed by atoms with van der Waals surface area (Å²) in [7, 11) is 0. The zero-order valence-corrected chi connectivity index (χ0v) is 14.9. The summed E-state index contributed by atoms with van der Waals surface area (Å²) in [5, 5.41) is 21.9. The lowest BCUT2D eigenvalue weighted by Crippen LogP contribution is -2.19. The second kappa shape index (κ2) is 10.7. The van der Waals surface area contributed by atoms with E-state index in [0.717, 1.165) is 37.9 Å². The van der Waals surface area contributed by atoms with Crippen LogP contribution in [0.25, 0.3) is 0 Å². The number of halogens is 1. The second-order valence-electron chi connectivity index (χ2n) is 5.74. The predicted molar refractivity (Wildman–Crippen MR) is 99.8 cm³/mol. The van der Waals surface area contributed by atoms with Crippen LogP contribution in [0.1, 0.15) is 36.5 Å². The van der Waals surface area contributed by atoms with E-state index in [1.807, 2.05) is 30.3 Å². The number of benzene rings is 2. The molecule has 4 nitrogen and oxygen atoms in total. The van der Waals surface area contributed by atoms with Crippen molar-refractivity contribution < 1.29 is 9.84 Å². The lowest BCUT2D eigenvalue weighted by Gasteiger charge is -2.20. The monoisotopic (exact) mass is 358 g/mol. The number of nitrogens with zero attached hydrogens (tertiary/aromatic N) is 1. The van der Waals surface area contributed by atoms with Crippen molar-refractivity contribution in [3.63, 3.8) is 0 Å². The number of rotatable bonds is 10. The van der Waals surface area contributed by atoms with E-state index in [0.29, 0.717) is 16.3 Å². The average molecular weight is 359 g/mol. The molecule has 0 radical (unpaired) electrons. The van der Waals surface area contributed by atoms with E-state index in [-0.39, 0.29) is 12.7 Å². The third-order valence-electron chi connectivity index (χ3n) is 3.84. The van der Waals surface area contributed by atoms with Gasteiger partial charge in [0.1, 0.15) is 17.9 Å². The minimum absolute atomic E-state index is 0.147. The molecule has 0 aliphatic rings. The van der Waals surface area contributed by atoms with Gasteiger partial charge in [-0.2, -0.15) is 5.26 Å². The van der Waals surface area contributed by atoms with Crippen molar-refractivity contribution >= 4 is 11.6 Å². The van der Waals surface area contributed by atoms with E-state index in [4.69, 9.17) is 21.4 Å². The maximum Gasteiger partial charge on any atom is 0.139 e. The Hall–Kier alpha value is -2.06. The van der Waals surface area contributed by atoms with Crippen molar-refractivity contribution in [3.05, 3.63) is 64.7 Å². The van der Waals surface area contributed by atoms with Gasteiger partial charge in [0, 0.05) is 17.7 Å². The number of nitriles is 1. The standard InChI is InChI=1S/C20H23ClN2O2/c21-18-10-9-17(15-22)20(14-18)25-19(16-6-2-1-3-7-16)8-4-11-23-12-5-13-24/h1-3,6-7,9-10,14,19,23-24H,4-5,8,11-13H2/t19-/m1/s1. The van der Waals surface area contributed by atoms with Crippen LogP contribution in [0.4, 0.5) is 0 Å². The van der Waals surface area contributed by atoms with Crippen LogP contribution in [0.5, 0.6) is 5.75 Å². The number of hydrogen-bond acceptors (Lipinski definition) is 4. The van der Waals surface area contributed by atoms with Crippen molar-refractivity contribution in [1.29, 1.82) is 5.26 Å². The number of hydrogen-bond donors (Lipinski definition) is 2. The largest absolute Gasteiger partial charge is 0.484 e. The number of aliphatic hydroxyl groups excluding tert-OH is 1. The molecule has 0 bridgehead atoms. The van der Waals surface area contributed by atoms with Gasteiger partial charge >= 0.3 is 0 Å². The molecular weight excluding hydrogens is 336 g/mol. The van der Waals surface area contributed by atoms with E-state index in [1.54, 1.807) is 18.2 Å². The van der Waals surface area contributed by atoms with Gasteiger partial charge in [-0.3, -0.25) is 0 Å². The van der Waals surface area contributed by atoms with Gasteiger partial charge in [-0.15, -0.1) is 0 Å². The van der Waals surface area contributed by atoms with Gasteiger partial charge < -0.3 is 15.2 Å². The molecule has 0 aromatic heterocycles. The van der Waals surface area contributed by atoms with Gasteiger partial charge in [-0.25, -0.2) is 0 Å². The first-order valence-corrected chi connectivity index (χ1v) is 8.85. The van der Waals surface area contributed by atoms with Gasteiger partial charge in [0.05, 0.1) is 5.56 Å². The summed E-state index contributed by atoms with van der Waals surface area (Å²) in [4.78, 5) is 0. The fourth-order valence-electron chi connectivity index (χ4n) is 2.54. The highest BCUT2D eigenvalue weighted by atomic mass is 35.5. The maximum absolute atomic E-state index is 9.29. The molecule has 132 valence electrons. The Labute approximate surface area is 154 Å². The molecule has 0 saturated heterocycles. The molecule has 0 unspecified atom stereocenters. The summed E-state index contributed by atoms with van der Waals surface area (Å²) in [6.07, 6.45) is 2.35. The van der Waals surface area contributed by atoms with E-state index in [2.05, 4.69) is 11.4 Å². The van der Waals surface area contributed by atoms with Crippen LogP contribution in [-0.2, 0) is 0 Å². The molecule has 5 heteroatoms. The fourth-order valence-corrected chi connectivity index (χ4v) is 2.70. The molecule has 0 aliphatic carbocycles. The Kier molecular flexibility index (Phi) is 8.27. The highest BCUT2D eigenvalue weighted by Gasteiger charge is 2.15. The van der Waals surface area contributed by atoms with Crippen molar-refractivity contribution in [1.82, 2.24) is 5.32 Å². The van der Waals surface area contributed by atoms with Crippen LogP contribution >= 0.6 is 11.6 Å². The summed E-state index contributed by atoms with van der Waals surface area (Å²) in [5.41, 5.74) is 1.55. The number of aliphatic hydroxyl groups is 1. The maximum atomic E-state index is 9.29. The Morgan fingerprint density at radius 1 is 1.12 bits per heavy atom. The van der Waals surface area contributed by atoms with E-state index >= 15 is 0 Å². The van der Waals surface area contributed by atoms with Gasteiger partial charge in [-0.1, -0.05) is 41.9 Å². The molecular formula is C20H23ClN2O2. The van der Waals surface area contributed by atoms with E-state index < -0.39 is 0 Å².